The van der Waals surface area contributed by atoms with Crippen molar-refractivity contribution in [2.45, 2.75) is 6.54 Å². The lowest BCUT2D eigenvalue weighted by molar-refractivity contribution is -0.683. The fraction of sp³-hybridized carbons (Fsp3) is 0.0714. The number of pyridine rings is 1. The molecule has 0 aliphatic rings. The Bertz CT molecular complexity index is 609. The maximum Gasteiger partial charge on any atom is 0.227 e. The minimum atomic E-state index is -0.426. The molecule has 0 saturated heterocycles. The van der Waals surface area contributed by atoms with Gasteiger partial charge in [-0.3, -0.25) is 4.79 Å². The van der Waals surface area contributed by atoms with E-state index in [1.807, 2.05) is 0 Å². The van der Waals surface area contributed by atoms with Gasteiger partial charge in [-0.05, 0) is 12.1 Å². The van der Waals surface area contributed by atoms with E-state index in [0.29, 0.717) is 5.56 Å². The van der Waals surface area contributed by atoms with Crippen LogP contribution in [0.2, 0.25) is 0 Å². The van der Waals surface area contributed by atoms with Gasteiger partial charge < -0.3 is 5.21 Å². The van der Waals surface area contributed by atoms with Crippen LogP contribution in [-0.4, -0.2) is 17.2 Å². The van der Waals surface area contributed by atoms with Gasteiger partial charge in [-0.1, -0.05) is 17.3 Å². The predicted molar refractivity (Wildman–Crippen MR) is 66.7 cm³/mol. The van der Waals surface area contributed by atoms with Crippen molar-refractivity contribution in [1.29, 1.82) is 0 Å². The Kier molecular flexibility index (Phi) is 3.97. The first-order valence-corrected chi connectivity index (χ1v) is 5.64. The Labute approximate surface area is 109 Å². The number of benzene rings is 1. The minimum absolute atomic E-state index is 0.125. The fourth-order valence-electron chi connectivity index (χ4n) is 1.65. The van der Waals surface area contributed by atoms with E-state index in [1.165, 1.54) is 24.4 Å². The second kappa shape index (κ2) is 5.86. The molecular formula is C14H12FN2O2+. The molecule has 19 heavy (non-hydrogen) atoms. The molecule has 1 aromatic heterocycles. The van der Waals surface area contributed by atoms with Crippen LogP contribution in [0.25, 0.3) is 0 Å². The lowest BCUT2D eigenvalue weighted by atomic mass is 10.1. The highest BCUT2D eigenvalue weighted by atomic mass is 19.1. The average Bonchev–Trinajstić information content (AvgIpc) is 2.41. The third-order valence-corrected chi connectivity index (χ3v) is 2.60. The van der Waals surface area contributed by atoms with Gasteiger partial charge in [0.1, 0.15) is 5.82 Å². The summed E-state index contributed by atoms with van der Waals surface area (Å²) in [5.41, 5.74) is 1.06. The van der Waals surface area contributed by atoms with Crippen molar-refractivity contribution in [2.75, 3.05) is 0 Å². The maximum absolute atomic E-state index is 13.0. The molecule has 0 amide bonds. The summed E-state index contributed by atoms with van der Waals surface area (Å²) >= 11 is 0. The molecular weight excluding hydrogens is 247 g/mol. The topological polar surface area (TPSA) is 53.5 Å². The number of hydrogen-bond donors (Lipinski definition) is 1. The van der Waals surface area contributed by atoms with E-state index in [9.17, 15) is 9.18 Å². The van der Waals surface area contributed by atoms with Gasteiger partial charge in [-0.25, -0.2) is 4.39 Å². The molecule has 0 aliphatic heterocycles. The molecule has 0 aliphatic carbocycles. The fourth-order valence-corrected chi connectivity index (χ4v) is 1.65. The summed E-state index contributed by atoms with van der Waals surface area (Å²) in [4.78, 5) is 11.9. The third kappa shape index (κ3) is 3.45. The highest BCUT2D eigenvalue weighted by Crippen LogP contribution is 2.04. The van der Waals surface area contributed by atoms with Gasteiger partial charge in [0.15, 0.2) is 12.4 Å². The molecule has 5 heteroatoms. The number of hydrogen-bond acceptors (Lipinski definition) is 3. The monoisotopic (exact) mass is 259 g/mol. The largest absolute Gasteiger partial charge is 0.411 e. The summed E-state index contributed by atoms with van der Waals surface area (Å²) in [6, 6.07) is 9.02. The second-order valence-electron chi connectivity index (χ2n) is 3.98. The summed E-state index contributed by atoms with van der Waals surface area (Å²) < 4.78 is 14.7. The standard InChI is InChI=1S/C14H11FN2O2/c15-13-3-1-2-12(8-13)14(18)10-17-6-4-11(5-7-17)9-16-19/h1-9H,10H2/p+1. The Morgan fingerprint density at radius 3 is 2.68 bits per heavy atom. The highest BCUT2D eigenvalue weighted by Gasteiger charge is 2.12. The summed E-state index contributed by atoms with van der Waals surface area (Å²) in [6.45, 7) is 0.125. The van der Waals surface area contributed by atoms with E-state index < -0.39 is 5.82 Å². The van der Waals surface area contributed by atoms with Crippen molar-refractivity contribution < 1.29 is 19.0 Å². The molecule has 0 spiro atoms. The molecule has 2 rings (SSSR count). The van der Waals surface area contributed by atoms with Crippen LogP contribution in [0.4, 0.5) is 4.39 Å². The highest BCUT2D eigenvalue weighted by molar-refractivity contribution is 5.95. The summed E-state index contributed by atoms with van der Waals surface area (Å²) in [6.07, 6.45) is 4.67. The van der Waals surface area contributed by atoms with E-state index in [2.05, 4.69) is 5.16 Å². The van der Waals surface area contributed by atoms with Gasteiger partial charge >= 0.3 is 0 Å². The average molecular weight is 259 g/mol. The Balaban J connectivity index is 2.10. The molecule has 0 fully saturated rings. The van der Waals surface area contributed by atoms with Crippen molar-refractivity contribution in [3.05, 3.63) is 65.7 Å². The van der Waals surface area contributed by atoms with Crippen LogP contribution >= 0.6 is 0 Å². The number of aromatic nitrogens is 1. The quantitative estimate of drug-likeness (QED) is 0.299. The van der Waals surface area contributed by atoms with Gasteiger partial charge in [0.25, 0.3) is 0 Å². The predicted octanol–water partition coefficient (Wildman–Crippen LogP) is 1.80. The SMILES string of the molecule is O=C(C[n+]1ccc(C=NO)cc1)c1cccc(F)c1. The van der Waals surface area contributed by atoms with Crippen LogP contribution in [0.3, 0.4) is 0 Å². The molecule has 0 bridgehead atoms. The van der Waals surface area contributed by atoms with Crippen molar-refractivity contribution in [1.82, 2.24) is 0 Å². The van der Waals surface area contributed by atoms with Gasteiger partial charge in [0.2, 0.25) is 12.3 Å². The van der Waals surface area contributed by atoms with Gasteiger partial charge in [-0.15, -0.1) is 0 Å². The van der Waals surface area contributed by atoms with Crippen molar-refractivity contribution in [3.63, 3.8) is 0 Å². The lowest BCUT2D eigenvalue weighted by Crippen LogP contribution is -2.37. The zero-order chi connectivity index (χ0) is 13.7. The van der Waals surface area contributed by atoms with Gasteiger partial charge in [0.05, 0.1) is 6.21 Å². The zero-order valence-corrected chi connectivity index (χ0v) is 10.0. The first kappa shape index (κ1) is 12.9. The number of nitrogens with zero attached hydrogens (tertiary/aromatic N) is 2. The first-order valence-electron chi connectivity index (χ1n) is 5.64. The number of ketones is 1. The molecule has 1 heterocycles. The molecule has 0 radical (unpaired) electrons. The lowest BCUT2D eigenvalue weighted by Gasteiger charge is -1.98. The number of rotatable bonds is 4. The van der Waals surface area contributed by atoms with Gasteiger partial charge in [-0.2, -0.15) is 4.57 Å². The molecule has 1 N–H and O–H groups in total. The van der Waals surface area contributed by atoms with Crippen LogP contribution in [0.5, 0.6) is 0 Å². The van der Waals surface area contributed by atoms with Crippen molar-refractivity contribution >= 4 is 12.0 Å². The van der Waals surface area contributed by atoms with E-state index in [-0.39, 0.29) is 12.3 Å². The molecule has 4 nitrogen and oxygen atoms in total. The van der Waals surface area contributed by atoms with E-state index in [1.54, 1.807) is 35.2 Å². The van der Waals surface area contributed by atoms with Crippen LogP contribution < -0.4 is 4.57 Å². The molecule has 1 aromatic carbocycles. The third-order valence-electron chi connectivity index (χ3n) is 2.60. The Morgan fingerprint density at radius 1 is 1.32 bits per heavy atom. The normalized spacial score (nSPS) is 10.8. The summed E-state index contributed by atoms with van der Waals surface area (Å²) in [5.74, 6) is -0.599. The molecule has 2 aromatic rings. The smallest absolute Gasteiger partial charge is 0.227 e. The van der Waals surface area contributed by atoms with Crippen LogP contribution in [0.15, 0.2) is 53.9 Å². The molecule has 96 valence electrons. The van der Waals surface area contributed by atoms with E-state index in [0.717, 1.165) is 5.56 Å². The van der Waals surface area contributed by atoms with Crippen molar-refractivity contribution in [2.24, 2.45) is 5.16 Å². The summed E-state index contributed by atoms with van der Waals surface area (Å²) in [7, 11) is 0. The van der Waals surface area contributed by atoms with Crippen LogP contribution in [0, 0.1) is 5.82 Å². The number of carbonyl (C=O) groups is 1. The molecule has 0 saturated carbocycles. The second-order valence-corrected chi connectivity index (χ2v) is 3.98. The van der Waals surface area contributed by atoms with E-state index >= 15 is 0 Å². The van der Waals surface area contributed by atoms with E-state index in [4.69, 9.17) is 5.21 Å². The molecule has 0 unspecified atom stereocenters. The number of carbonyl (C=O) groups excluding carboxylic acids is 1. The molecule has 0 atom stereocenters. The maximum atomic E-state index is 13.0. The Morgan fingerprint density at radius 2 is 2.05 bits per heavy atom. The minimum Gasteiger partial charge on any atom is -0.411 e. The number of Topliss-reactive ketones (excluding diaryl/α,β-unsaturated/α-hetero) is 1. The van der Waals surface area contributed by atoms with Crippen LogP contribution in [0.1, 0.15) is 15.9 Å². The van der Waals surface area contributed by atoms with Crippen molar-refractivity contribution in [3.8, 4) is 0 Å². The van der Waals surface area contributed by atoms with Gasteiger partial charge in [0, 0.05) is 23.3 Å². The van der Waals surface area contributed by atoms with Crippen LogP contribution in [-0.2, 0) is 6.54 Å². The zero-order valence-electron chi connectivity index (χ0n) is 10.0. The number of halogens is 1. The Hall–Kier alpha value is -2.56. The summed E-state index contributed by atoms with van der Waals surface area (Å²) in [5, 5.41) is 11.3. The first-order chi connectivity index (χ1) is 9.19. The number of oxime groups is 1.